The van der Waals surface area contributed by atoms with Gasteiger partial charge in [0, 0.05) is 23.4 Å². The fourth-order valence-electron chi connectivity index (χ4n) is 3.49. The van der Waals surface area contributed by atoms with Crippen LogP contribution in [0.3, 0.4) is 0 Å². The molecule has 2 aromatic carbocycles. The first-order valence-corrected chi connectivity index (χ1v) is 8.75. The van der Waals surface area contributed by atoms with E-state index in [0.717, 1.165) is 17.7 Å². The molecule has 1 aliphatic rings. The van der Waals surface area contributed by atoms with Crippen molar-refractivity contribution in [3.63, 3.8) is 0 Å². The molecule has 27 heavy (non-hydrogen) atoms. The van der Waals surface area contributed by atoms with Crippen LogP contribution in [0.4, 0.5) is 10.1 Å². The lowest BCUT2D eigenvalue weighted by atomic mass is 10.1. The molecule has 5 nitrogen and oxygen atoms in total. The maximum Gasteiger partial charge on any atom is 0.254 e. The zero-order valence-corrected chi connectivity index (χ0v) is 14.8. The molecule has 2 heterocycles. The highest BCUT2D eigenvalue weighted by Gasteiger charge is 2.30. The van der Waals surface area contributed by atoms with Crippen molar-refractivity contribution in [2.45, 2.75) is 25.9 Å². The van der Waals surface area contributed by atoms with Crippen molar-refractivity contribution >= 4 is 11.6 Å². The van der Waals surface area contributed by atoms with Crippen molar-refractivity contribution in [1.29, 1.82) is 0 Å². The maximum atomic E-state index is 13.0. The molecule has 1 aromatic heterocycles. The molecular weight excluding hydrogens is 345 g/mol. The normalized spacial score (nSPS) is 15.6. The van der Waals surface area contributed by atoms with Crippen LogP contribution in [0.15, 0.2) is 65.7 Å². The van der Waals surface area contributed by atoms with Gasteiger partial charge in [-0.3, -0.25) is 14.2 Å². The Kier molecular flexibility index (Phi) is 4.32. The van der Waals surface area contributed by atoms with Crippen molar-refractivity contribution in [2.75, 3.05) is 4.90 Å². The number of fused-ring (bicyclic) bond motifs is 1. The van der Waals surface area contributed by atoms with Crippen molar-refractivity contribution in [2.24, 2.45) is 0 Å². The van der Waals surface area contributed by atoms with Gasteiger partial charge in [0.05, 0.1) is 12.0 Å². The van der Waals surface area contributed by atoms with E-state index >= 15 is 0 Å². The van der Waals surface area contributed by atoms with E-state index in [0.29, 0.717) is 11.3 Å². The predicted octanol–water partition coefficient (Wildman–Crippen LogP) is 3.03. The second-order valence-corrected chi connectivity index (χ2v) is 6.69. The van der Waals surface area contributed by atoms with Crippen molar-refractivity contribution in [3.8, 4) is 11.3 Å². The van der Waals surface area contributed by atoms with Crippen molar-refractivity contribution in [1.82, 2.24) is 9.55 Å². The number of halogens is 1. The predicted molar refractivity (Wildman–Crippen MR) is 101 cm³/mol. The van der Waals surface area contributed by atoms with Crippen LogP contribution in [0.25, 0.3) is 11.3 Å². The van der Waals surface area contributed by atoms with Gasteiger partial charge in [0.25, 0.3) is 5.56 Å². The molecule has 1 unspecified atom stereocenters. The smallest absolute Gasteiger partial charge is 0.254 e. The quantitative estimate of drug-likeness (QED) is 0.719. The Morgan fingerprint density at radius 3 is 2.67 bits per heavy atom. The summed E-state index contributed by atoms with van der Waals surface area (Å²) in [6.45, 7) is 1.92. The molecule has 0 saturated heterocycles. The number of hydrogen-bond acceptors (Lipinski definition) is 3. The lowest BCUT2D eigenvalue weighted by Gasteiger charge is -2.23. The number of amides is 1. The highest BCUT2D eigenvalue weighted by Crippen LogP contribution is 2.31. The minimum atomic E-state index is -0.349. The first-order valence-electron chi connectivity index (χ1n) is 8.75. The summed E-state index contributed by atoms with van der Waals surface area (Å²) in [7, 11) is 0. The number of anilines is 1. The highest BCUT2D eigenvalue weighted by molar-refractivity contribution is 5.96. The number of aromatic nitrogens is 2. The Hall–Kier alpha value is -3.28. The van der Waals surface area contributed by atoms with Gasteiger partial charge in [-0.05, 0) is 49.2 Å². The number of para-hydroxylation sites is 1. The van der Waals surface area contributed by atoms with Gasteiger partial charge in [0.2, 0.25) is 5.91 Å². The van der Waals surface area contributed by atoms with Crippen LogP contribution in [0.2, 0.25) is 0 Å². The van der Waals surface area contributed by atoms with Gasteiger partial charge in [-0.15, -0.1) is 0 Å². The number of benzene rings is 2. The van der Waals surface area contributed by atoms with Gasteiger partial charge in [-0.1, -0.05) is 18.2 Å². The summed E-state index contributed by atoms with van der Waals surface area (Å²) < 4.78 is 14.3. The molecule has 0 saturated carbocycles. The maximum absolute atomic E-state index is 13.0. The zero-order valence-electron chi connectivity index (χ0n) is 14.8. The van der Waals surface area contributed by atoms with Crippen LogP contribution < -0.4 is 10.5 Å². The van der Waals surface area contributed by atoms with Crippen LogP contribution in [0.1, 0.15) is 12.5 Å². The average Bonchev–Trinajstić information content (AvgIpc) is 3.00. The van der Waals surface area contributed by atoms with E-state index in [-0.39, 0.29) is 29.9 Å². The number of nitrogens with zero attached hydrogens (tertiary/aromatic N) is 3. The Balaban J connectivity index is 1.57. The summed E-state index contributed by atoms with van der Waals surface area (Å²) in [5.41, 5.74) is 2.81. The third-order valence-corrected chi connectivity index (χ3v) is 4.80. The van der Waals surface area contributed by atoms with Gasteiger partial charge in [0.1, 0.15) is 12.4 Å². The van der Waals surface area contributed by atoms with Crippen molar-refractivity contribution < 1.29 is 9.18 Å². The Morgan fingerprint density at radius 1 is 1.19 bits per heavy atom. The van der Waals surface area contributed by atoms with Gasteiger partial charge in [-0.2, -0.15) is 0 Å². The molecule has 4 rings (SSSR count). The largest absolute Gasteiger partial charge is 0.307 e. The van der Waals surface area contributed by atoms with E-state index < -0.39 is 0 Å². The molecule has 1 atom stereocenters. The Labute approximate surface area is 155 Å². The van der Waals surface area contributed by atoms with Crippen molar-refractivity contribution in [3.05, 3.63) is 82.7 Å². The van der Waals surface area contributed by atoms with E-state index in [4.69, 9.17) is 0 Å². The van der Waals surface area contributed by atoms with Gasteiger partial charge in [-0.25, -0.2) is 9.37 Å². The average molecular weight is 363 g/mol. The molecule has 0 spiro atoms. The Morgan fingerprint density at radius 2 is 1.93 bits per heavy atom. The molecule has 136 valence electrons. The van der Waals surface area contributed by atoms with Crippen LogP contribution in [-0.2, 0) is 17.8 Å². The first-order chi connectivity index (χ1) is 13.0. The molecule has 0 N–H and O–H groups in total. The minimum absolute atomic E-state index is 0.0528. The molecule has 1 amide bonds. The third kappa shape index (κ3) is 3.26. The number of rotatable bonds is 3. The summed E-state index contributed by atoms with van der Waals surface area (Å²) in [5, 5.41) is 0. The second-order valence-electron chi connectivity index (χ2n) is 6.69. The second kappa shape index (κ2) is 6.79. The fraction of sp³-hybridized carbons (Fsp3) is 0.190. The van der Waals surface area contributed by atoms with E-state index in [1.807, 2.05) is 31.2 Å². The summed E-state index contributed by atoms with van der Waals surface area (Å²) in [5.74, 6) is -0.497. The van der Waals surface area contributed by atoms with Gasteiger partial charge >= 0.3 is 0 Å². The third-order valence-electron chi connectivity index (χ3n) is 4.80. The van der Waals surface area contributed by atoms with Crippen LogP contribution in [0, 0.1) is 5.82 Å². The minimum Gasteiger partial charge on any atom is -0.307 e. The summed E-state index contributed by atoms with van der Waals surface area (Å²) in [6.07, 6.45) is 2.17. The molecular formula is C21H18FN3O2. The molecule has 1 aliphatic heterocycles. The van der Waals surface area contributed by atoms with Crippen LogP contribution >= 0.6 is 0 Å². The number of carbonyl (C=O) groups is 1. The lowest BCUT2D eigenvalue weighted by molar-refractivity contribution is -0.119. The van der Waals surface area contributed by atoms with E-state index in [9.17, 15) is 14.0 Å². The van der Waals surface area contributed by atoms with Crippen LogP contribution in [-0.4, -0.2) is 21.5 Å². The summed E-state index contributed by atoms with van der Waals surface area (Å²) in [6, 6.07) is 15.0. The topological polar surface area (TPSA) is 55.2 Å². The standard InChI is InChI=1S/C21H18FN3O2/c1-14-10-16-4-2-3-5-19(16)25(14)21(27)12-24-13-23-18(11-20(24)26)15-6-8-17(22)9-7-15/h2-9,11,13-14H,10,12H2,1H3. The van der Waals surface area contributed by atoms with E-state index in [1.165, 1.54) is 29.1 Å². The number of hydrogen-bond donors (Lipinski definition) is 0. The SMILES string of the molecule is CC1Cc2ccccc2N1C(=O)Cn1cnc(-c2ccc(F)cc2)cc1=O. The molecule has 0 fully saturated rings. The zero-order chi connectivity index (χ0) is 19.0. The molecule has 0 bridgehead atoms. The molecule has 3 aromatic rings. The molecule has 0 radical (unpaired) electrons. The van der Waals surface area contributed by atoms with Gasteiger partial charge < -0.3 is 4.90 Å². The monoisotopic (exact) mass is 363 g/mol. The molecule has 0 aliphatic carbocycles. The lowest BCUT2D eigenvalue weighted by Crippen LogP contribution is -2.39. The summed E-state index contributed by atoms with van der Waals surface area (Å²) in [4.78, 5) is 31.3. The number of carbonyl (C=O) groups excluding carboxylic acids is 1. The fourth-order valence-corrected chi connectivity index (χ4v) is 3.49. The highest BCUT2D eigenvalue weighted by atomic mass is 19.1. The Bertz CT molecular complexity index is 1060. The van der Waals surface area contributed by atoms with Crippen LogP contribution in [0.5, 0.6) is 0 Å². The van der Waals surface area contributed by atoms with Gasteiger partial charge in [0.15, 0.2) is 0 Å². The summed E-state index contributed by atoms with van der Waals surface area (Å²) >= 11 is 0. The first kappa shape index (κ1) is 17.1. The molecule has 6 heteroatoms. The van der Waals surface area contributed by atoms with E-state index in [2.05, 4.69) is 4.98 Å². The van der Waals surface area contributed by atoms with E-state index in [1.54, 1.807) is 17.0 Å².